The summed E-state index contributed by atoms with van der Waals surface area (Å²) in [6.07, 6.45) is 0. The number of hydrogen-bond donors (Lipinski definition) is 2. The monoisotopic (exact) mass is 354 g/mol. The highest BCUT2D eigenvalue weighted by Gasteiger charge is 2.31. The van der Waals surface area contributed by atoms with Gasteiger partial charge in [-0.05, 0) is 17.7 Å². The second kappa shape index (κ2) is 8.01. The van der Waals surface area contributed by atoms with E-state index in [0.29, 0.717) is 36.6 Å². The third kappa shape index (κ3) is 3.55. The molecular formula is C20H22N2O4. The molecule has 2 N–H and O–H groups in total. The van der Waals surface area contributed by atoms with Crippen LogP contribution in [0.15, 0.2) is 42.5 Å². The lowest BCUT2D eigenvalue weighted by Crippen LogP contribution is -2.27. The zero-order chi connectivity index (χ0) is 18.5. The van der Waals surface area contributed by atoms with E-state index in [1.54, 1.807) is 20.2 Å². The van der Waals surface area contributed by atoms with Gasteiger partial charge in [0.2, 0.25) is 0 Å². The average Bonchev–Trinajstić information content (AvgIpc) is 3.11. The van der Waals surface area contributed by atoms with Crippen LogP contribution in [0, 0.1) is 0 Å². The van der Waals surface area contributed by atoms with Crippen molar-refractivity contribution in [2.75, 3.05) is 33.9 Å². The Morgan fingerprint density at radius 1 is 1.19 bits per heavy atom. The van der Waals surface area contributed by atoms with E-state index in [1.165, 1.54) is 0 Å². The summed E-state index contributed by atoms with van der Waals surface area (Å²) < 4.78 is 10.8. The van der Waals surface area contributed by atoms with Crippen molar-refractivity contribution < 1.29 is 19.1 Å². The number of ether oxygens (including phenoxy) is 2. The maximum absolute atomic E-state index is 12.5. The first-order valence-corrected chi connectivity index (χ1v) is 8.50. The van der Waals surface area contributed by atoms with Gasteiger partial charge in [0, 0.05) is 37.7 Å². The summed E-state index contributed by atoms with van der Waals surface area (Å²) in [6.45, 7) is 1.27. The lowest BCUT2D eigenvalue weighted by molar-refractivity contribution is 0.0937. The molecule has 0 saturated heterocycles. The van der Waals surface area contributed by atoms with E-state index in [2.05, 4.69) is 10.6 Å². The van der Waals surface area contributed by atoms with Crippen LogP contribution >= 0.6 is 0 Å². The van der Waals surface area contributed by atoms with Crippen molar-refractivity contribution in [1.29, 1.82) is 0 Å². The maximum atomic E-state index is 12.5. The fraction of sp³-hybridized carbons (Fsp3) is 0.300. The minimum atomic E-state index is -0.276. The number of carbonyl (C=O) groups excluding carboxylic acids is 2. The molecule has 0 saturated carbocycles. The molecule has 1 unspecified atom stereocenters. The second-order valence-corrected chi connectivity index (χ2v) is 6.04. The number of rotatable bonds is 6. The van der Waals surface area contributed by atoms with Crippen molar-refractivity contribution in [2.45, 2.75) is 5.92 Å². The molecular weight excluding hydrogens is 332 g/mol. The highest BCUT2D eigenvalue weighted by Crippen LogP contribution is 2.41. The molecule has 1 atom stereocenters. The van der Waals surface area contributed by atoms with Crippen LogP contribution in [-0.2, 0) is 4.74 Å². The molecule has 26 heavy (non-hydrogen) atoms. The minimum Gasteiger partial charge on any atom is -0.491 e. The Labute approximate surface area is 152 Å². The molecule has 1 aliphatic rings. The third-order valence-corrected chi connectivity index (χ3v) is 4.41. The van der Waals surface area contributed by atoms with Gasteiger partial charge in [0.05, 0.1) is 18.8 Å². The summed E-state index contributed by atoms with van der Waals surface area (Å²) in [7, 11) is 3.14. The first-order valence-electron chi connectivity index (χ1n) is 8.50. The van der Waals surface area contributed by atoms with Crippen LogP contribution in [0.3, 0.4) is 0 Å². The first-order chi connectivity index (χ1) is 12.7. The topological polar surface area (TPSA) is 76.7 Å². The van der Waals surface area contributed by atoms with Gasteiger partial charge in [0.15, 0.2) is 0 Å². The fourth-order valence-electron chi connectivity index (χ4n) is 3.09. The number of benzene rings is 2. The largest absolute Gasteiger partial charge is 0.491 e. The highest BCUT2D eigenvalue weighted by atomic mass is 16.5. The summed E-state index contributed by atoms with van der Waals surface area (Å²) in [5, 5.41) is 5.41. The summed E-state index contributed by atoms with van der Waals surface area (Å²) in [6, 6.07) is 13.3. The van der Waals surface area contributed by atoms with E-state index in [1.807, 2.05) is 36.4 Å². The molecule has 0 spiro atoms. The molecule has 6 heteroatoms. The third-order valence-electron chi connectivity index (χ3n) is 4.41. The SMILES string of the molecule is CNC(=O)c1cc(C(=O)NCCOC)cc2c1OCC2c1ccccc1. The Bertz CT molecular complexity index is 805. The minimum absolute atomic E-state index is 0.0127. The Hall–Kier alpha value is -2.86. The van der Waals surface area contributed by atoms with Crippen molar-refractivity contribution in [3.8, 4) is 5.75 Å². The number of nitrogens with one attached hydrogen (secondary N) is 2. The zero-order valence-corrected chi connectivity index (χ0v) is 14.9. The number of methoxy groups -OCH3 is 1. The van der Waals surface area contributed by atoms with Crippen molar-refractivity contribution in [2.24, 2.45) is 0 Å². The Morgan fingerprint density at radius 3 is 2.65 bits per heavy atom. The number of carbonyl (C=O) groups is 2. The molecule has 6 nitrogen and oxygen atoms in total. The van der Waals surface area contributed by atoms with Gasteiger partial charge in [0.25, 0.3) is 11.8 Å². The van der Waals surface area contributed by atoms with Gasteiger partial charge in [-0.3, -0.25) is 9.59 Å². The van der Waals surface area contributed by atoms with Gasteiger partial charge in [-0.1, -0.05) is 30.3 Å². The molecule has 0 aromatic heterocycles. The molecule has 0 radical (unpaired) electrons. The molecule has 1 heterocycles. The van der Waals surface area contributed by atoms with Gasteiger partial charge in [-0.2, -0.15) is 0 Å². The molecule has 3 rings (SSSR count). The molecule has 0 bridgehead atoms. The fourth-order valence-corrected chi connectivity index (χ4v) is 3.09. The van der Waals surface area contributed by atoms with Crippen LogP contribution in [0.2, 0.25) is 0 Å². The molecule has 0 fully saturated rings. The summed E-state index contributed by atoms with van der Waals surface area (Å²) in [4.78, 5) is 24.8. The lowest BCUT2D eigenvalue weighted by atomic mass is 9.90. The quantitative estimate of drug-likeness (QED) is 0.778. The number of fused-ring (bicyclic) bond motifs is 1. The summed E-state index contributed by atoms with van der Waals surface area (Å²) in [5.41, 5.74) is 2.76. The van der Waals surface area contributed by atoms with Crippen molar-refractivity contribution in [1.82, 2.24) is 10.6 Å². The summed E-state index contributed by atoms with van der Waals surface area (Å²) in [5.74, 6) is 0.0168. The van der Waals surface area contributed by atoms with E-state index in [-0.39, 0.29) is 17.7 Å². The van der Waals surface area contributed by atoms with E-state index >= 15 is 0 Å². The first kappa shape index (κ1) is 17.9. The molecule has 1 aliphatic heterocycles. The van der Waals surface area contributed by atoms with Crippen LogP contribution < -0.4 is 15.4 Å². The zero-order valence-electron chi connectivity index (χ0n) is 14.9. The van der Waals surface area contributed by atoms with Crippen molar-refractivity contribution >= 4 is 11.8 Å². The van der Waals surface area contributed by atoms with Gasteiger partial charge >= 0.3 is 0 Å². The number of hydrogen-bond acceptors (Lipinski definition) is 4. The smallest absolute Gasteiger partial charge is 0.254 e. The van der Waals surface area contributed by atoms with Crippen LogP contribution in [0.4, 0.5) is 0 Å². The van der Waals surface area contributed by atoms with Gasteiger partial charge in [0.1, 0.15) is 5.75 Å². The second-order valence-electron chi connectivity index (χ2n) is 6.04. The van der Waals surface area contributed by atoms with E-state index in [9.17, 15) is 9.59 Å². The van der Waals surface area contributed by atoms with Crippen LogP contribution in [0.25, 0.3) is 0 Å². The predicted molar refractivity (Wildman–Crippen MR) is 97.8 cm³/mol. The van der Waals surface area contributed by atoms with Crippen molar-refractivity contribution in [3.05, 3.63) is 64.7 Å². The van der Waals surface area contributed by atoms with E-state index in [0.717, 1.165) is 11.1 Å². The predicted octanol–water partition coefficient (Wildman–Crippen LogP) is 1.95. The van der Waals surface area contributed by atoms with E-state index in [4.69, 9.17) is 9.47 Å². The molecule has 2 amide bonds. The highest BCUT2D eigenvalue weighted by molar-refractivity contribution is 6.02. The normalized spacial score (nSPS) is 15.1. The molecule has 2 aromatic rings. The van der Waals surface area contributed by atoms with Crippen LogP contribution in [0.1, 0.15) is 37.8 Å². The lowest BCUT2D eigenvalue weighted by Gasteiger charge is -2.13. The summed E-state index contributed by atoms with van der Waals surface area (Å²) >= 11 is 0. The van der Waals surface area contributed by atoms with E-state index < -0.39 is 0 Å². The Morgan fingerprint density at radius 2 is 1.96 bits per heavy atom. The maximum Gasteiger partial charge on any atom is 0.254 e. The van der Waals surface area contributed by atoms with Crippen LogP contribution in [0.5, 0.6) is 5.75 Å². The standard InChI is InChI=1S/C20H22N2O4/c1-21-20(24)16-11-14(19(23)22-8-9-25-2)10-15-17(12-26-18(15)16)13-6-4-3-5-7-13/h3-7,10-11,17H,8-9,12H2,1-2H3,(H,21,24)(H,22,23). The van der Waals surface area contributed by atoms with Gasteiger partial charge < -0.3 is 20.1 Å². The molecule has 0 aliphatic carbocycles. The average molecular weight is 354 g/mol. The van der Waals surface area contributed by atoms with Crippen LogP contribution in [-0.4, -0.2) is 45.7 Å². The molecule has 136 valence electrons. The van der Waals surface area contributed by atoms with Gasteiger partial charge in [-0.15, -0.1) is 0 Å². The van der Waals surface area contributed by atoms with Crippen molar-refractivity contribution in [3.63, 3.8) is 0 Å². The van der Waals surface area contributed by atoms with Gasteiger partial charge in [-0.25, -0.2) is 0 Å². The molecule has 2 aromatic carbocycles. The number of amides is 2. The Kier molecular flexibility index (Phi) is 5.53. The Balaban J connectivity index is 2.01.